The summed E-state index contributed by atoms with van der Waals surface area (Å²) in [6, 6.07) is 16.0. The van der Waals surface area contributed by atoms with Gasteiger partial charge in [0.15, 0.2) is 5.65 Å². The first-order chi connectivity index (χ1) is 13.7. The van der Waals surface area contributed by atoms with E-state index in [1.54, 1.807) is 12.7 Å². The predicted molar refractivity (Wildman–Crippen MR) is 107 cm³/mol. The molecule has 28 heavy (non-hydrogen) atoms. The van der Waals surface area contributed by atoms with Crippen molar-refractivity contribution in [2.75, 3.05) is 0 Å². The van der Waals surface area contributed by atoms with E-state index in [4.69, 9.17) is 0 Å². The van der Waals surface area contributed by atoms with Gasteiger partial charge in [-0.1, -0.05) is 24.3 Å². The van der Waals surface area contributed by atoms with Crippen LogP contribution in [0.1, 0.15) is 28.8 Å². The molecule has 6 nitrogen and oxygen atoms in total. The molecule has 0 radical (unpaired) electrons. The fraction of sp³-hybridized carbons (Fsp3) is 0.182. The molecule has 1 saturated carbocycles. The number of benzene rings is 2. The Balaban J connectivity index is 1.61. The number of para-hydroxylation sites is 1. The first-order valence-corrected chi connectivity index (χ1v) is 9.36. The second kappa shape index (κ2) is 6.56. The first kappa shape index (κ1) is 16.6. The van der Waals surface area contributed by atoms with Gasteiger partial charge in [0.1, 0.15) is 23.9 Å². The molecule has 138 valence electrons. The van der Waals surface area contributed by atoms with Crippen LogP contribution in [0.5, 0.6) is 0 Å². The molecule has 1 amide bonds. The van der Waals surface area contributed by atoms with Crippen molar-refractivity contribution >= 4 is 17.1 Å². The molecule has 0 bridgehead atoms. The van der Waals surface area contributed by atoms with Gasteiger partial charge in [-0.15, -0.1) is 0 Å². The maximum atomic E-state index is 12.5. The Morgan fingerprint density at radius 2 is 1.89 bits per heavy atom. The molecule has 1 N–H and O–H groups in total. The van der Waals surface area contributed by atoms with Gasteiger partial charge in [0.05, 0.1) is 0 Å². The lowest BCUT2D eigenvalue weighted by Gasteiger charge is -2.10. The van der Waals surface area contributed by atoms with Crippen molar-refractivity contribution in [1.82, 2.24) is 24.8 Å². The maximum absolute atomic E-state index is 12.5. The van der Waals surface area contributed by atoms with Crippen molar-refractivity contribution in [3.05, 3.63) is 72.3 Å². The van der Waals surface area contributed by atoms with Gasteiger partial charge in [-0.2, -0.15) is 0 Å². The number of imidazole rings is 1. The molecule has 0 spiro atoms. The van der Waals surface area contributed by atoms with Gasteiger partial charge in [0.2, 0.25) is 0 Å². The van der Waals surface area contributed by atoms with Crippen LogP contribution in [0.25, 0.3) is 28.1 Å². The van der Waals surface area contributed by atoms with Crippen molar-refractivity contribution < 1.29 is 4.79 Å². The highest BCUT2D eigenvalue weighted by Gasteiger charge is 2.24. The Labute approximate surface area is 162 Å². The summed E-state index contributed by atoms with van der Waals surface area (Å²) in [6.45, 7) is 2.01. The average molecular weight is 369 g/mol. The van der Waals surface area contributed by atoms with E-state index in [0.717, 1.165) is 41.0 Å². The molecule has 0 aliphatic heterocycles. The Morgan fingerprint density at radius 3 is 2.68 bits per heavy atom. The Morgan fingerprint density at radius 1 is 1.07 bits per heavy atom. The SMILES string of the molecule is Cc1ccc(C(=O)NC2CC2)cc1-c1ncnc2c1ncn2-c1ccccc1. The molecule has 5 rings (SSSR count). The summed E-state index contributed by atoms with van der Waals surface area (Å²) in [4.78, 5) is 26.0. The third kappa shape index (κ3) is 2.93. The van der Waals surface area contributed by atoms with Gasteiger partial charge in [0, 0.05) is 22.9 Å². The van der Waals surface area contributed by atoms with Gasteiger partial charge >= 0.3 is 0 Å². The summed E-state index contributed by atoms with van der Waals surface area (Å²) in [6.07, 6.45) is 5.44. The molecule has 4 aromatic rings. The third-order valence-electron chi connectivity index (χ3n) is 5.04. The number of hydrogen-bond acceptors (Lipinski definition) is 4. The molecule has 2 heterocycles. The number of fused-ring (bicyclic) bond motifs is 1. The largest absolute Gasteiger partial charge is 0.349 e. The lowest BCUT2D eigenvalue weighted by molar-refractivity contribution is 0.0951. The molecule has 2 aromatic carbocycles. The monoisotopic (exact) mass is 369 g/mol. The van der Waals surface area contributed by atoms with Crippen molar-refractivity contribution in [3.8, 4) is 16.9 Å². The molecule has 0 unspecified atom stereocenters. The van der Waals surface area contributed by atoms with Gasteiger partial charge < -0.3 is 5.32 Å². The number of amides is 1. The summed E-state index contributed by atoms with van der Waals surface area (Å²) < 4.78 is 1.94. The van der Waals surface area contributed by atoms with Crippen LogP contribution in [0.15, 0.2) is 61.2 Å². The second-order valence-electron chi connectivity index (χ2n) is 7.12. The number of carbonyl (C=O) groups is 1. The fourth-order valence-corrected chi connectivity index (χ4v) is 3.32. The highest BCUT2D eigenvalue weighted by molar-refractivity contribution is 5.97. The molecule has 0 atom stereocenters. The topological polar surface area (TPSA) is 72.7 Å². The minimum Gasteiger partial charge on any atom is -0.349 e. The summed E-state index contributed by atoms with van der Waals surface area (Å²) in [5, 5.41) is 3.04. The van der Waals surface area contributed by atoms with Gasteiger partial charge in [0.25, 0.3) is 5.91 Å². The van der Waals surface area contributed by atoms with Crippen LogP contribution in [0.4, 0.5) is 0 Å². The van der Waals surface area contributed by atoms with E-state index in [1.807, 2.05) is 60.0 Å². The van der Waals surface area contributed by atoms with Gasteiger partial charge in [-0.3, -0.25) is 9.36 Å². The van der Waals surface area contributed by atoms with E-state index in [1.165, 1.54) is 0 Å². The summed E-state index contributed by atoms with van der Waals surface area (Å²) in [7, 11) is 0. The zero-order chi connectivity index (χ0) is 19.1. The van der Waals surface area contributed by atoms with Crippen LogP contribution in [0.3, 0.4) is 0 Å². The standard InChI is InChI=1S/C22H19N5O/c1-14-7-8-15(22(28)26-16-9-10-16)11-18(14)19-20-21(24-12-23-19)27(13-25-20)17-5-3-2-4-6-17/h2-8,11-13,16H,9-10H2,1H3,(H,26,28). The van der Waals surface area contributed by atoms with Crippen LogP contribution < -0.4 is 5.32 Å². The van der Waals surface area contributed by atoms with Crippen LogP contribution in [0, 0.1) is 6.92 Å². The minimum absolute atomic E-state index is 0.0381. The van der Waals surface area contributed by atoms with Crippen molar-refractivity contribution in [2.45, 2.75) is 25.8 Å². The van der Waals surface area contributed by atoms with Crippen LogP contribution >= 0.6 is 0 Å². The molecule has 2 aromatic heterocycles. The molecule has 0 saturated heterocycles. The van der Waals surface area contributed by atoms with E-state index in [-0.39, 0.29) is 5.91 Å². The highest BCUT2D eigenvalue weighted by atomic mass is 16.1. The normalized spacial score (nSPS) is 13.6. The van der Waals surface area contributed by atoms with Crippen LogP contribution in [0.2, 0.25) is 0 Å². The minimum atomic E-state index is -0.0381. The Bertz CT molecular complexity index is 1180. The molecule has 1 aliphatic carbocycles. The Hall–Kier alpha value is -3.54. The van der Waals surface area contributed by atoms with Crippen molar-refractivity contribution in [2.24, 2.45) is 0 Å². The number of nitrogens with one attached hydrogen (secondary N) is 1. The van der Waals surface area contributed by atoms with Crippen molar-refractivity contribution in [1.29, 1.82) is 0 Å². The molecule has 6 heteroatoms. The summed E-state index contributed by atoms with van der Waals surface area (Å²) in [5.74, 6) is -0.0381. The first-order valence-electron chi connectivity index (χ1n) is 9.36. The number of aromatic nitrogens is 4. The molecular weight excluding hydrogens is 350 g/mol. The van der Waals surface area contributed by atoms with E-state index in [0.29, 0.717) is 17.1 Å². The fourth-order valence-electron chi connectivity index (χ4n) is 3.32. The number of hydrogen-bond donors (Lipinski definition) is 1. The summed E-state index contributed by atoms with van der Waals surface area (Å²) >= 11 is 0. The van der Waals surface area contributed by atoms with E-state index in [9.17, 15) is 4.79 Å². The molecular formula is C22H19N5O. The van der Waals surface area contributed by atoms with Gasteiger partial charge in [-0.25, -0.2) is 15.0 Å². The van der Waals surface area contributed by atoms with Crippen molar-refractivity contribution in [3.63, 3.8) is 0 Å². The van der Waals surface area contributed by atoms with Crippen LogP contribution in [-0.4, -0.2) is 31.5 Å². The third-order valence-corrected chi connectivity index (χ3v) is 5.04. The summed E-state index contributed by atoms with van der Waals surface area (Å²) in [5.41, 5.74) is 5.76. The lowest BCUT2D eigenvalue weighted by atomic mass is 10.0. The lowest BCUT2D eigenvalue weighted by Crippen LogP contribution is -2.25. The van der Waals surface area contributed by atoms with Crippen LogP contribution in [-0.2, 0) is 0 Å². The number of nitrogens with zero attached hydrogens (tertiary/aromatic N) is 4. The van der Waals surface area contributed by atoms with Gasteiger partial charge in [-0.05, 0) is 49.6 Å². The molecule has 1 aliphatic rings. The molecule has 1 fully saturated rings. The smallest absolute Gasteiger partial charge is 0.251 e. The second-order valence-corrected chi connectivity index (χ2v) is 7.12. The number of carbonyl (C=O) groups excluding carboxylic acids is 1. The predicted octanol–water partition coefficient (Wildman–Crippen LogP) is 3.68. The van der Waals surface area contributed by atoms with E-state index in [2.05, 4.69) is 20.3 Å². The average Bonchev–Trinajstić information content (AvgIpc) is 3.43. The van der Waals surface area contributed by atoms with E-state index >= 15 is 0 Å². The Kier molecular flexibility index (Phi) is 3.90. The zero-order valence-corrected chi connectivity index (χ0v) is 15.5. The zero-order valence-electron chi connectivity index (χ0n) is 15.5. The quantitative estimate of drug-likeness (QED) is 0.595. The number of rotatable bonds is 4. The number of aryl methyl sites for hydroxylation is 1. The maximum Gasteiger partial charge on any atom is 0.251 e. The van der Waals surface area contributed by atoms with E-state index < -0.39 is 0 Å². The highest BCUT2D eigenvalue weighted by Crippen LogP contribution is 2.29.